The summed E-state index contributed by atoms with van der Waals surface area (Å²) in [6.45, 7) is 0. The van der Waals surface area contributed by atoms with Crippen molar-refractivity contribution in [3.63, 3.8) is 0 Å². The average Bonchev–Trinajstić information content (AvgIpc) is 1.96. The molecule has 0 aromatic heterocycles. The molecule has 0 saturated heterocycles. The van der Waals surface area contributed by atoms with Crippen LogP contribution in [0.1, 0.15) is 0 Å². The third-order valence-electron chi connectivity index (χ3n) is 1.20. The minimum absolute atomic E-state index is 0.457. The van der Waals surface area contributed by atoms with E-state index in [1.54, 1.807) is 0 Å². The van der Waals surface area contributed by atoms with Crippen LogP contribution in [0.3, 0.4) is 0 Å². The number of halogens is 2. The predicted octanol–water partition coefficient (Wildman–Crippen LogP) is 2.09. The van der Waals surface area contributed by atoms with Crippen LogP contribution in [-0.4, -0.2) is 10.0 Å². The summed E-state index contributed by atoms with van der Waals surface area (Å²) >= 11 is 5.30. The summed E-state index contributed by atoms with van der Waals surface area (Å²) < 4.78 is 12.4. The van der Waals surface area contributed by atoms with E-state index in [0.29, 0.717) is 12.1 Å². The summed E-state index contributed by atoms with van der Waals surface area (Å²) in [5.41, 5.74) is -0.644. The highest BCUT2D eigenvalue weighted by Gasteiger charge is 2.17. The molecule has 0 saturated carbocycles. The SMILES string of the molecule is O=[N+]([O-])c1cc(F)cc(O)c1Cl. The zero-order chi connectivity index (χ0) is 9.30. The first-order valence-corrected chi connectivity index (χ1v) is 3.22. The molecule has 12 heavy (non-hydrogen) atoms. The van der Waals surface area contributed by atoms with E-state index in [1.807, 2.05) is 0 Å². The molecule has 0 atom stereocenters. The van der Waals surface area contributed by atoms with Crippen LogP contribution in [0, 0.1) is 15.9 Å². The highest BCUT2D eigenvalue weighted by molar-refractivity contribution is 6.34. The number of rotatable bonds is 1. The Morgan fingerprint density at radius 2 is 2.17 bits per heavy atom. The predicted molar refractivity (Wildman–Crippen MR) is 39.7 cm³/mol. The van der Waals surface area contributed by atoms with Crippen molar-refractivity contribution in [1.82, 2.24) is 0 Å². The molecule has 0 spiro atoms. The first kappa shape index (κ1) is 8.73. The van der Waals surface area contributed by atoms with Crippen LogP contribution in [0.4, 0.5) is 10.1 Å². The Balaban J connectivity index is 3.37. The van der Waals surface area contributed by atoms with Gasteiger partial charge < -0.3 is 5.11 Å². The minimum atomic E-state index is -0.899. The molecule has 0 aliphatic carbocycles. The Hall–Kier alpha value is -1.36. The molecule has 6 heteroatoms. The summed E-state index contributed by atoms with van der Waals surface area (Å²) in [5.74, 6) is -1.54. The lowest BCUT2D eigenvalue weighted by Gasteiger charge is -1.97. The lowest BCUT2D eigenvalue weighted by molar-refractivity contribution is -0.384. The first-order chi connectivity index (χ1) is 5.52. The Labute approximate surface area is 71.3 Å². The maximum atomic E-state index is 12.4. The number of hydrogen-bond acceptors (Lipinski definition) is 3. The highest BCUT2D eigenvalue weighted by Crippen LogP contribution is 2.33. The van der Waals surface area contributed by atoms with Crippen molar-refractivity contribution >= 4 is 17.3 Å². The van der Waals surface area contributed by atoms with Gasteiger partial charge in [-0.15, -0.1) is 0 Å². The fourth-order valence-corrected chi connectivity index (χ4v) is 0.872. The minimum Gasteiger partial charge on any atom is -0.506 e. The largest absolute Gasteiger partial charge is 0.506 e. The number of benzene rings is 1. The van der Waals surface area contributed by atoms with Crippen molar-refractivity contribution < 1.29 is 14.4 Å². The molecule has 0 heterocycles. The van der Waals surface area contributed by atoms with Crippen molar-refractivity contribution in [2.45, 2.75) is 0 Å². The van der Waals surface area contributed by atoms with Gasteiger partial charge in [-0.2, -0.15) is 0 Å². The van der Waals surface area contributed by atoms with Crippen LogP contribution in [0.15, 0.2) is 12.1 Å². The second-order valence-electron chi connectivity index (χ2n) is 2.02. The quantitative estimate of drug-likeness (QED) is 0.546. The van der Waals surface area contributed by atoms with Crippen molar-refractivity contribution in [2.24, 2.45) is 0 Å². The van der Waals surface area contributed by atoms with Gasteiger partial charge in [0.25, 0.3) is 5.69 Å². The molecule has 0 aliphatic heterocycles. The van der Waals surface area contributed by atoms with Crippen LogP contribution in [0.2, 0.25) is 5.02 Å². The number of aromatic hydroxyl groups is 1. The molecule has 4 nitrogen and oxygen atoms in total. The van der Waals surface area contributed by atoms with Gasteiger partial charge in [0.1, 0.15) is 11.6 Å². The Kier molecular flexibility index (Phi) is 2.14. The monoisotopic (exact) mass is 191 g/mol. The van der Waals surface area contributed by atoms with Crippen LogP contribution < -0.4 is 0 Å². The van der Waals surface area contributed by atoms with Gasteiger partial charge in [0.2, 0.25) is 0 Å². The third kappa shape index (κ3) is 1.45. The number of nitrogens with zero attached hydrogens (tertiary/aromatic N) is 1. The molecular formula is C6H3ClFNO3. The van der Waals surface area contributed by atoms with Gasteiger partial charge in [-0.25, -0.2) is 4.39 Å². The van der Waals surface area contributed by atoms with Crippen LogP contribution in [-0.2, 0) is 0 Å². The first-order valence-electron chi connectivity index (χ1n) is 2.85. The van der Waals surface area contributed by atoms with E-state index in [-0.39, 0.29) is 0 Å². The van der Waals surface area contributed by atoms with E-state index in [9.17, 15) is 14.5 Å². The summed E-state index contributed by atoms with van der Waals surface area (Å²) in [6.07, 6.45) is 0. The molecule has 0 radical (unpaired) electrons. The van der Waals surface area contributed by atoms with Crippen molar-refractivity contribution in [3.05, 3.63) is 33.1 Å². The van der Waals surface area contributed by atoms with Gasteiger partial charge in [-0.3, -0.25) is 10.1 Å². The van der Waals surface area contributed by atoms with E-state index in [0.717, 1.165) is 0 Å². The second kappa shape index (κ2) is 2.94. The van der Waals surface area contributed by atoms with Crippen LogP contribution in [0.25, 0.3) is 0 Å². The normalized spacial score (nSPS) is 9.83. The van der Waals surface area contributed by atoms with E-state index in [4.69, 9.17) is 16.7 Å². The molecular weight excluding hydrogens is 189 g/mol. The number of phenolic OH excluding ortho intramolecular Hbond substituents is 1. The van der Waals surface area contributed by atoms with Gasteiger partial charge in [-0.1, -0.05) is 11.6 Å². The van der Waals surface area contributed by atoms with Gasteiger partial charge in [-0.05, 0) is 0 Å². The lowest BCUT2D eigenvalue weighted by Crippen LogP contribution is -1.90. The zero-order valence-corrected chi connectivity index (χ0v) is 6.38. The molecule has 1 N–H and O–H groups in total. The molecule has 1 aromatic rings. The second-order valence-corrected chi connectivity index (χ2v) is 2.39. The Bertz CT molecular complexity index is 342. The van der Waals surface area contributed by atoms with Crippen LogP contribution >= 0.6 is 11.6 Å². The number of nitro benzene ring substituents is 1. The highest BCUT2D eigenvalue weighted by atomic mass is 35.5. The third-order valence-corrected chi connectivity index (χ3v) is 1.58. The standard InChI is InChI=1S/C6H3ClFNO3/c7-6-4(9(11)12)1-3(8)2-5(6)10/h1-2,10H. The summed E-state index contributed by atoms with van der Waals surface area (Å²) in [7, 11) is 0. The number of phenols is 1. The smallest absolute Gasteiger partial charge is 0.294 e. The molecule has 0 fully saturated rings. The average molecular weight is 192 g/mol. The lowest BCUT2D eigenvalue weighted by atomic mass is 10.3. The van der Waals surface area contributed by atoms with Crippen molar-refractivity contribution in [1.29, 1.82) is 0 Å². The van der Waals surface area contributed by atoms with Gasteiger partial charge >= 0.3 is 0 Å². The maximum absolute atomic E-state index is 12.4. The summed E-state index contributed by atoms with van der Waals surface area (Å²) in [5, 5.41) is 18.6. The molecule has 0 aliphatic rings. The van der Waals surface area contributed by atoms with Gasteiger partial charge in [0, 0.05) is 6.07 Å². The van der Waals surface area contributed by atoms with Gasteiger partial charge in [0.05, 0.1) is 11.0 Å². The Morgan fingerprint density at radius 3 is 2.67 bits per heavy atom. The zero-order valence-electron chi connectivity index (χ0n) is 5.62. The van der Waals surface area contributed by atoms with E-state index >= 15 is 0 Å². The summed E-state index contributed by atoms with van der Waals surface area (Å²) in [6, 6.07) is 1.34. The molecule has 64 valence electrons. The fraction of sp³-hybridized carbons (Fsp3) is 0. The van der Waals surface area contributed by atoms with Crippen molar-refractivity contribution in [2.75, 3.05) is 0 Å². The van der Waals surface area contributed by atoms with Crippen LogP contribution in [0.5, 0.6) is 5.75 Å². The molecule has 0 amide bonds. The van der Waals surface area contributed by atoms with Crippen molar-refractivity contribution in [3.8, 4) is 5.75 Å². The molecule has 0 bridgehead atoms. The molecule has 1 rings (SSSR count). The maximum Gasteiger partial charge on any atom is 0.294 e. The van der Waals surface area contributed by atoms with E-state index in [1.165, 1.54) is 0 Å². The number of nitro groups is 1. The van der Waals surface area contributed by atoms with Gasteiger partial charge in [0.15, 0.2) is 5.02 Å². The molecule has 1 aromatic carbocycles. The number of hydrogen-bond donors (Lipinski definition) is 1. The molecule has 0 unspecified atom stereocenters. The fourth-order valence-electron chi connectivity index (χ4n) is 0.694. The Morgan fingerprint density at radius 1 is 1.58 bits per heavy atom. The summed E-state index contributed by atoms with van der Waals surface area (Å²) in [4.78, 5) is 9.30. The topological polar surface area (TPSA) is 63.4 Å². The van der Waals surface area contributed by atoms with E-state index in [2.05, 4.69) is 0 Å². The van der Waals surface area contributed by atoms with E-state index < -0.39 is 27.2 Å².